The van der Waals surface area contributed by atoms with Gasteiger partial charge in [-0.25, -0.2) is 9.37 Å². The smallest absolute Gasteiger partial charge is 0.254 e. The fourth-order valence-electron chi connectivity index (χ4n) is 1.85. The van der Waals surface area contributed by atoms with Gasteiger partial charge in [-0.05, 0) is 31.0 Å². The van der Waals surface area contributed by atoms with E-state index in [0.717, 1.165) is 19.4 Å². The fourth-order valence-corrected chi connectivity index (χ4v) is 1.85. The number of nitrogens with two attached hydrogens (primary N) is 1. The summed E-state index contributed by atoms with van der Waals surface area (Å²) in [6.07, 6.45) is 7.09. The lowest BCUT2D eigenvalue weighted by Crippen LogP contribution is -2.25. The van der Waals surface area contributed by atoms with Crippen molar-refractivity contribution in [2.75, 3.05) is 12.3 Å². The summed E-state index contributed by atoms with van der Waals surface area (Å²) in [5.41, 5.74) is 5.90. The highest BCUT2D eigenvalue weighted by Crippen LogP contribution is 2.11. The first-order valence-electron chi connectivity index (χ1n) is 6.46. The summed E-state index contributed by atoms with van der Waals surface area (Å²) < 4.78 is 15.4. The van der Waals surface area contributed by atoms with Crippen LogP contribution in [0.1, 0.15) is 23.2 Å². The number of nitrogen functional groups attached to an aromatic ring is 1. The predicted octanol–water partition coefficient (Wildman–Crippen LogP) is 1.81. The number of aryl methyl sites for hydroxylation is 1. The molecule has 0 saturated carbocycles. The molecule has 2 aromatic rings. The molecule has 0 radical (unpaired) electrons. The maximum atomic E-state index is 13.5. The molecule has 3 N–H and O–H groups in total. The molecule has 20 heavy (non-hydrogen) atoms. The van der Waals surface area contributed by atoms with Crippen LogP contribution >= 0.6 is 0 Å². The van der Waals surface area contributed by atoms with Crippen LogP contribution in [0.5, 0.6) is 0 Å². The number of rotatable bonds is 6. The number of hydrogen-bond donors (Lipinski definition) is 2. The predicted molar refractivity (Wildman–Crippen MR) is 74.6 cm³/mol. The minimum absolute atomic E-state index is 0.0143. The summed E-state index contributed by atoms with van der Waals surface area (Å²) in [6.45, 7) is 1.35. The molecule has 0 spiro atoms. The lowest BCUT2D eigenvalue weighted by molar-refractivity contribution is 0.0949. The van der Waals surface area contributed by atoms with E-state index in [4.69, 9.17) is 5.73 Å². The van der Waals surface area contributed by atoms with E-state index in [1.807, 2.05) is 10.8 Å². The summed E-state index contributed by atoms with van der Waals surface area (Å²) in [5, 5.41) is 2.69. The summed E-state index contributed by atoms with van der Waals surface area (Å²) in [4.78, 5) is 15.7. The third kappa shape index (κ3) is 3.81. The van der Waals surface area contributed by atoms with E-state index in [1.165, 1.54) is 18.2 Å². The number of aromatic nitrogens is 2. The SMILES string of the molecule is Nc1ccc(F)c(C(=O)NCCCCn2ccnc2)c1. The molecule has 2 rings (SSSR count). The Morgan fingerprint density at radius 1 is 1.40 bits per heavy atom. The Bertz CT molecular complexity index is 569. The number of nitrogens with one attached hydrogen (secondary N) is 1. The molecule has 0 saturated heterocycles. The van der Waals surface area contributed by atoms with Crippen molar-refractivity contribution in [1.29, 1.82) is 0 Å². The number of carbonyl (C=O) groups excluding carboxylic acids is 1. The number of benzene rings is 1. The van der Waals surface area contributed by atoms with Crippen molar-refractivity contribution >= 4 is 11.6 Å². The Morgan fingerprint density at radius 3 is 3.00 bits per heavy atom. The van der Waals surface area contributed by atoms with Gasteiger partial charge in [0.05, 0.1) is 11.9 Å². The number of nitrogens with zero attached hydrogens (tertiary/aromatic N) is 2. The molecule has 1 aromatic carbocycles. The molecule has 1 aromatic heterocycles. The largest absolute Gasteiger partial charge is 0.399 e. The second-order valence-electron chi connectivity index (χ2n) is 4.50. The highest BCUT2D eigenvalue weighted by atomic mass is 19.1. The minimum Gasteiger partial charge on any atom is -0.399 e. The van der Waals surface area contributed by atoms with Gasteiger partial charge in [0.1, 0.15) is 5.82 Å². The van der Waals surface area contributed by atoms with Crippen LogP contribution in [0, 0.1) is 5.82 Å². The molecule has 0 fully saturated rings. The average Bonchev–Trinajstić information content (AvgIpc) is 2.94. The van der Waals surface area contributed by atoms with Gasteiger partial charge in [0.15, 0.2) is 0 Å². The molecular formula is C14H17FN4O. The van der Waals surface area contributed by atoms with Crippen LogP contribution in [-0.4, -0.2) is 22.0 Å². The molecular weight excluding hydrogens is 259 g/mol. The molecule has 1 amide bonds. The standard InChI is InChI=1S/C14H17FN4O/c15-13-4-3-11(16)9-12(13)14(20)18-5-1-2-7-19-8-6-17-10-19/h3-4,6,8-10H,1-2,5,7,16H2,(H,18,20). The van der Waals surface area contributed by atoms with Gasteiger partial charge in [0, 0.05) is 31.2 Å². The first-order chi connectivity index (χ1) is 9.66. The molecule has 1 heterocycles. The number of halogens is 1. The molecule has 6 heteroatoms. The summed E-state index contributed by atoms with van der Waals surface area (Å²) >= 11 is 0. The maximum absolute atomic E-state index is 13.5. The Morgan fingerprint density at radius 2 is 2.25 bits per heavy atom. The fraction of sp³-hybridized carbons (Fsp3) is 0.286. The van der Waals surface area contributed by atoms with Crippen LogP contribution in [0.3, 0.4) is 0 Å². The molecule has 0 unspecified atom stereocenters. The van der Waals surface area contributed by atoms with Crippen molar-refractivity contribution in [3.8, 4) is 0 Å². The van der Waals surface area contributed by atoms with Crippen molar-refractivity contribution in [3.63, 3.8) is 0 Å². The van der Waals surface area contributed by atoms with Crippen molar-refractivity contribution in [1.82, 2.24) is 14.9 Å². The van der Waals surface area contributed by atoms with Gasteiger partial charge in [0.25, 0.3) is 5.91 Å². The van der Waals surface area contributed by atoms with Crippen LogP contribution < -0.4 is 11.1 Å². The highest BCUT2D eigenvalue weighted by Gasteiger charge is 2.11. The van der Waals surface area contributed by atoms with Gasteiger partial charge in [-0.3, -0.25) is 4.79 Å². The molecule has 0 atom stereocenters. The van der Waals surface area contributed by atoms with Gasteiger partial charge < -0.3 is 15.6 Å². The summed E-state index contributed by atoms with van der Waals surface area (Å²) in [6, 6.07) is 3.97. The minimum atomic E-state index is -0.560. The monoisotopic (exact) mass is 276 g/mol. The van der Waals surface area contributed by atoms with Crippen molar-refractivity contribution in [3.05, 3.63) is 48.3 Å². The Balaban J connectivity index is 1.73. The lowest BCUT2D eigenvalue weighted by Gasteiger charge is -2.07. The lowest BCUT2D eigenvalue weighted by atomic mass is 10.1. The molecule has 5 nitrogen and oxygen atoms in total. The van der Waals surface area contributed by atoms with E-state index >= 15 is 0 Å². The van der Waals surface area contributed by atoms with Crippen molar-refractivity contribution in [2.24, 2.45) is 0 Å². The van der Waals surface area contributed by atoms with Crippen LogP contribution in [0.4, 0.5) is 10.1 Å². The van der Waals surface area contributed by atoms with Crippen LogP contribution in [0.2, 0.25) is 0 Å². The maximum Gasteiger partial charge on any atom is 0.254 e. The van der Waals surface area contributed by atoms with Gasteiger partial charge >= 0.3 is 0 Å². The van der Waals surface area contributed by atoms with E-state index in [9.17, 15) is 9.18 Å². The Labute approximate surface area is 116 Å². The van der Waals surface area contributed by atoms with Crippen LogP contribution in [0.25, 0.3) is 0 Å². The Hall–Kier alpha value is -2.37. The van der Waals surface area contributed by atoms with E-state index in [-0.39, 0.29) is 5.56 Å². The van der Waals surface area contributed by atoms with Crippen LogP contribution in [-0.2, 0) is 6.54 Å². The second kappa shape index (κ2) is 6.70. The topological polar surface area (TPSA) is 72.9 Å². The summed E-state index contributed by atoms with van der Waals surface area (Å²) in [5.74, 6) is -0.993. The molecule has 0 aliphatic carbocycles. The summed E-state index contributed by atoms with van der Waals surface area (Å²) in [7, 11) is 0. The zero-order valence-electron chi connectivity index (χ0n) is 11.1. The van der Waals surface area contributed by atoms with E-state index in [0.29, 0.717) is 12.2 Å². The van der Waals surface area contributed by atoms with Crippen molar-refractivity contribution in [2.45, 2.75) is 19.4 Å². The number of carbonyl (C=O) groups is 1. The zero-order valence-corrected chi connectivity index (χ0v) is 11.1. The normalized spacial score (nSPS) is 10.4. The number of imidazole rings is 1. The second-order valence-corrected chi connectivity index (χ2v) is 4.50. The van der Waals surface area contributed by atoms with Gasteiger partial charge in [-0.2, -0.15) is 0 Å². The highest BCUT2D eigenvalue weighted by molar-refractivity contribution is 5.95. The average molecular weight is 276 g/mol. The molecule has 0 aliphatic heterocycles. The molecule has 106 valence electrons. The number of unbranched alkanes of at least 4 members (excludes halogenated alkanes) is 1. The number of hydrogen-bond acceptors (Lipinski definition) is 3. The first kappa shape index (κ1) is 14.0. The van der Waals surface area contributed by atoms with Crippen LogP contribution in [0.15, 0.2) is 36.9 Å². The van der Waals surface area contributed by atoms with Gasteiger partial charge in [0.2, 0.25) is 0 Å². The third-order valence-corrected chi connectivity index (χ3v) is 2.92. The first-order valence-corrected chi connectivity index (χ1v) is 6.46. The van der Waals surface area contributed by atoms with Crippen molar-refractivity contribution < 1.29 is 9.18 Å². The van der Waals surface area contributed by atoms with E-state index < -0.39 is 11.7 Å². The van der Waals surface area contributed by atoms with Gasteiger partial charge in [-0.1, -0.05) is 0 Å². The number of anilines is 1. The zero-order chi connectivity index (χ0) is 14.4. The third-order valence-electron chi connectivity index (χ3n) is 2.92. The van der Waals surface area contributed by atoms with Gasteiger partial charge in [-0.15, -0.1) is 0 Å². The molecule has 0 aliphatic rings. The van der Waals surface area contributed by atoms with E-state index in [2.05, 4.69) is 10.3 Å². The Kier molecular flexibility index (Phi) is 4.70. The molecule has 0 bridgehead atoms. The quantitative estimate of drug-likeness (QED) is 0.624. The van der Waals surface area contributed by atoms with E-state index in [1.54, 1.807) is 12.5 Å². The number of amides is 1.